The van der Waals surface area contributed by atoms with Crippen LogP contribution in [0.3, 0.4) is 0 Å². The molecule has 1 aromatic carbocycles. The van der Waals surface area contributed by atoms with Crippen LogP contribution < -0.4 is 10.9 Å². The summed E-state index contributed by atoms with van der Waals surface area (Å²) in [6, 6.07) is 12.7. The first kappa shape index (κ1) is 16.8. The fourth-order valence-corrected chi connectivity index (χ4v) is 2.64. The smallest absolute Gasteiger partial charge is 0.305 e. The Morgan fingerprint density at radius 1 is 1.12 bits per heavy atom. The summed E-state index contributed by atoms with van der Waals surface area (Å²) >= 11 is 6.30. The van der Waals surface area contributed by atoms with E-state index in [0.29, 0.717) is 12.2 Å². The Bertz CT molecular complexity index is 888. The Labute approximate surface area is 148 Å². The zero-order valence-corrected chi connectivity index (χ0v) is 14.1. The number of aromatic nitrogens is 2. The Kier molecular flexibility index (Phi) is 4.85. The molecule has 0 saturated carbocycles. The maximum Gasteiger partial charge on any atom is 0.305 e. The van der Waals surface area contributed by atoms with Gasteiger partial charge in [0.25, 0.3) is 5.91 Å². The number of carbonyl (C=O) groups excluding carboxylic acids is 2. The molecule has 0 bridgehead atoms. The molecule has 0 spiro atoms. The Hall–Kier alpha value is -3.06. The van der Waals surface area contributed by atoms with Gasteiger partial charge in [-0.1, -0.05) is 41.9 Å². The monoisotopic (exact) mass is 358 g/mol. The molecule has 7 nitrogen and oxygen atoms in total. The first-order valence-corrected chi connectivity index (χ1v) is 7.85. The first-order chi connectivity index (χ1) is 12.1. The lowest BCUT2D eigenvalue weighted by molar-refractivity contribution is 0.0830. The molecule has 0 unspecified atom stereocenters. The summed E-state index contributed by atoms with van der Waals surface area (Å²) in [5.41, 5.74) is 6.25. The highest BCUT2D eigenvalue weighted by atomic mass is 35.5. The van der Waals surface area contributed by atoms with E-state index >= 15 is 0 Å². The van der Waals surface area contributed by atoms with Crippen LogP contribution >= 0.6 is 11.6 Å². The van der Waals surface area contributed by atoms with E-state index < -0.39 is 11.8 Å². The van der Waals surface area contributed by atoms with Gasteiger partial charge in [0.1, 0.15) is 10.7 Å². The van der Waals surface area contributed by atoms with Gasteiger partial charge in [-0.3, -0.25) is 20.4 Å². The molecule has 25 heavy (non-hydrogen) atoms. The van der Waals surface area contributed by atoms with Crippen LogP contribution in [-0.4, -0.2) is 21.6 Å². The number of nitrogens with one attached hydrogen (secondary N) is 2. The number of amides is 2. The van der Waals surface area contributed by atoms with Gasteiger partial charge in [0.05, 0.1) is 18.5 Å². The lowest BCUT2D eigenvalue weighted by Crippen LogP contribution is -2.41. The third-order valence-electron chi connectivity index (χ3n) is 3.50. The number of hydrogen-bond donors (Lipinski definition) is 2. The van der Waals surface area contributed by atoms with E-state index in [-0.39, 0.29) is 16.5 Å². The second-order valence-electron chi connectivity index (χ2n) is 5.28. The summed E-state index contributed by atoms with van der Waals surface area (Å²) in [7, 11) is 0. The maximum absolute atomic E-state index is 12.3. The predicted molar refractivity (Wildman–Crippen MR) is 91.2 cm³/mol. The van der Waals surface area contributed by atoms with Crippen LogP contribution in [0, 0.1) is 6.92 Å². The minimum absolute atomic E-state index is 0.0860. The van der Waals surface area contributed by atoms with Crippen molar-refractivity contribution in [2.24, 2.45) is 0 Å². The van der Waals surface area contributed by atoms with Gasteiger partial charge in [0.2, 0.25) is 0 Å². The Morgan fingerprint density at radius 2 is 1.84 bits per heavy atom. The molecule has 3 rings (SSSR count). The predicted octanol–water partition coefficient (Wildman–Crippen LogP) is 2.56. The largest absolute Gasteiger partial charge is 0.459 e. The number of rotatable bonds is 4. The Morgan fingerprint density at radius 3 is 2.52 bits per heavy atom. The summed E-state index contributed by atoms with van der Waals surface area (Å²) < 4.78 is 6.48. The molecule has 2 aromatic heterocycles. The van der Waals surface area contributed by atoms with Crippen molar-refractivity contribution in [2.45, 2.75) is 13.5 Å². The molecule has 128 valence electrons. The fraction of sp³-hybridized carbons (Fsp3) is 0.118. The van der Waals surface area contributed by atoms with E-state index in [9.17, 15) is 9.59 Å². The van der Waals surface area contributed by atoms with E-state index in [1.54, 1.807) is 13.0 Å². The highest BCUT2D eigenvalue weighted by Gasteiger charge is 2.21. The topological polar surface area (TPSA) is 89.2 Å². The van der Waals surface area contributed by atoms with Gasteiger partial charge in [0, 0.05) is 0 Å². The van der Waals surface area contributed by atoms with Crippen molar-refractivity contribution in [3.05, 3.63) is 76.5 Å². The summed E-state index contributed by atoms with van der Waals surface area (Å²) in [5, 5.41) is 4.50. The minimum Gasteiger partial charge on any atom is -0.459 e. The fourth-order valence-electron chi connectivity index (χ4n) is 2.32. The standard InChI is InChI=1S/C17H15ClN4O3/c1-11-14(17(24)20-19-16(23)13-8-5-9-25-13)15(18)22(21-11)10-12-6-3-2-4-7-12/h2-9H,10H2,1H3,(H,19,23)(H,20,24). The first-order valence-electron chi connectivity index (χ1n) is 7.47. The van der Waals surface area contributed by atoms with E-state index in [2.05, 4.69) is 16.0 Å². The number of halogens is 1. The second-order valence-corrected chi connectivity index (χ2v) is 5.64. The lowest BCUT2D eigenvalue weighted by Gasteiger charge is -2.06. The van der Waals surface area contributed by atoms with Crippen LogP contribution in [0.4, 0.5) is 0 Å². The third-order valence-corrected chi connectivity index (χ3v) is 3.89. The zero-order chi connectivity index (χ0) is 17.8. The molecule has 8 heteroatoms. The second kappa shape index (κ2) is 7.23. The third kappa shape index (κ3) is 3.72. The van der Waals surface area contributed by atoms with E-state index in [0.717, 1.165) is 5.56 Å². The van der Waals surface area contributed by atoms with Gasteiger partial charge in [-0.15, -0.1) is 0 Å². The molecular weight excluding hydrogens is 344 g/mol. The van der Waals surface area contributed by atoms with Gasteiger partial charge >= 0.3 is 5.91 Å². The number of carbonyl (C=O) groups is 2. The highest BCUT2D eigenvalue weighted by Crippen LogP contribution is 2.20. The van der Waals surface area contributed by atoms with Crippen molar-refractivity contribution in [3.8, 4) is 0 Å². The lowest BCUT2D eigenvalue weighted by atomic mass is 10.2. The highest BCUT2D eigenvalue weighted by molar-refractivity contribution is 6.33. The van der Waals surface area contributed by atoms with E-state index in [1.165, 1.54) is 17.0 Å². The SMILES string of the molecule is Cc1nn(Cc2ccccc2)c(Cl)c1C(=O)NNC(=O)c1ccco1. The van der Waals surface area contributed by atoms with Crippen LogP contribution in [0.15, 0.2) is 53.1 Å². The number of hydrazine groups is 1. The molecule has 2 amide bonds. The maximum atomic E-state index is 12.3. The van der Waals surface area contributed by atoms with Gasteiger partial charge < -0.3 is 4.42 Å². The Balaban J connectivity index is 1.71. The van der Waals surface area contributed by atoms with Gasteiger partial charge in [0.15, 0.2) is 5.76 Å². The minimum atomic E-state index is -0.566. The molecule has 0 atom stereocenters. The van der Waals surface area contributed by atoms with Crippen molar-refractivity contribution in [1.29, 1.82) is 0 Å². The van der Waals surface area contributed by atoms with Crippen LogP contribution in [-0.2, 0) is 6.54 Å². The molecule has 0 aliphatic carbocycles. The van der Waals surface area contributed by atoms with Crippen LogP contribution in [0.5, 0.6) is 0 Å². The average Bonchev–Trinajstić information content (AvgIpc) is 3.23. The molecule has 0 radical (unpaired) electrons. The number of hydrogen-bond acceptors (Lipinski definition) is 4. The molecule has 0 aliphatic rings. The number of aryl methyl sites for hydroxylation is 1. The number of nitrogens with zero attached hydrogens (tertiary/aromatic N) is 2. The van der Waals surface area contributed by atoms with Crippen molar-refractivity contribution >= 4 is 23.4 Å². The van der Waals surface area contributed by atoms with E-state index in [1.807, 2.05) is 30.3 Å². The van der Waals surface area contributed by atoms with Gasteiger partial charge in [-0.2, -0.15) is 5.10 Å². The molecule has 3 aromatic rings. The average molecular weight is 359 g/mol. The molecule has 0 aliphatic heterocycles. The quantitative estimate of drug-likeness (QED) is 0.701. The molecule has 0 fully saturated rings. The van der Waals surface area contributed by atoms with Crippen molar-refractivity contribution in [2.75, 3.05) is 0 Å². The van der Waals surface area contributed by atoms with Crippen LogP contribution in [0.1, 0.15) is 32.2 Å². The van der Waals surface area contributed by atoms with Crippen molar-refractivity contribution < 1.29 is 14.0 Å². The zero-order valence-electron chi connectivity index (χ0n) is 13.3. The van der Waals surface area contributed by atoms with Crippen LogP contribution in [0.25, 0.3) is 0 Å². The summed E-state index contributed by atoms with van der Waals surface area (Å²) in [5.74, 6) is -1.03. The number of furan rings is 1. The summed E-state index contributed by atoms with van der Waals surface area (Å²) in [6.07, 6.45) is 1.37. The van der Waals surface area contributed by atoms with E-state index in [4.69, 9.17) is 16.0 Å². The van der Waals surface area contributed by atoms with Crippen molar-refractivity contribution in [3.63, 3.8) is 0 Å². The van der Waals surface area contributed by atoms with Gasteiger partial charge in [-0.25, -0.2) is 4.68 Å². The molecular formula is C17H15ClN4O3. The van der Waals surface area contributed by atoms with Crippen LogP contribution in [0.2, 0.25) is 5.15 Å². The summed E-state index contributed by atoms with van der Waals surface area (Å²) in [6.45, 7) is 2.11. The van der Waals surface area contributed by atoms with Gasteiger partial charge in [-0.05, 0) is 24.6 Å². The number of benzene rings is 1. The summed E-state index contributed by atoms with van der Waals surface area (Å²) in [4.78, 5) is 24.1. The molecule has 2 heterocycles. The molecule has 0 saturated heterocycles. The van der Waals surface area contributed by atoms with Crippen molar-refractivity contribution in [1.82, 2.24) is 20.6 Å². The molecule has 2 N–H and O–H groups in total. The normalized spacial score (nSPS) is 10.5.